The topological polar surface area (TPSA) is 93.3 Å². The van der Waals surface area contributed by atoms with Crippen molar-refractivity contribution in [1.29, 1.82) is 0 Å². The fourth-order valence-electron chi connectivity index (χ4n) is 1.39. The third-order valence-electron chi connectivity index (χ3n) is 2.25. The first-order valence-electron chi connectivity index (χ1n) is 4.75. The zero-order chi connectivity index (χ0) is 12.5. The van der Waals surface area contributed by atoms with Crippen LogP contribution in [0, 0.1) is 0 Å². The average molecular weight is 250 g/mol. The van der Waals surface area contributed by atoms with Crippen molar-refractivity contribution in [2.75, 3.05) is 5.73 Å². The predicted molar refractivity (Wildman–Crippen MR) is 62.2 cm³/mol. The van der Waals surface area contributed by atoms with Crippen LogP contribution in [-0.2, 0) is 9.84 Å². The lowest BCUT2D eigenvalue weighted by Crippen LogP contribution is -2.05. The van der Waals surface area contributed by atoms with E-state index in [4.69, 9.17) is 10.8 Å². The molecule has 0 amide bonds. The number of pyridine rings is 1. The van der Waals surface area contributed by atoms with E-state index in [0.29, 0.717) is 0 Å². The number of sulfone groups is 1. The predicted octanol–water partition coefficient (Wildman–Crippen LogP) is 1.20. The highest BCUT2D eigenvalue weighted by Crippen LogP contribution is 2.25. The van der Waals surface area contributed by atoms with E-state index in [2.05, 4.69) is 4.98 Å². The molecule has 0 fully saturated rings. The Morgan fingerprint density at radius 3 is 2.35 bits per heavy atom. The molecule has 0 aliphatic rings. The number of phenols is 1. The summed E-state index contributed by atoms with van der Waals surface area (Å²) in [6.07, 6.45) is 2.65. The lowest BCUT2D eigenvalue weighted by Gasteiger charge is -2.06. The van der Waals surface area contributed by atoms with Gasteiger partial charge in [0.25, 0.3) is 0 Å². The van der Waals surface area contributed by atoms with Gasteiger partial charge in [-0.1, -0.05) is 0 Å². The Kier molecular flexibility index (Phi) is 2.72. The number of nitrogens with two attached hydrogens (primary N) is 1. The zero-order valence-electron chi connectivity index (χ0n) is 8.74. The summed E-state index contributed by atoms with van der Waals surface area (Å²) in [5.41, 5.74) is 5.68. The molecule has 88 valence electrons. The molecule has 0 spiro atoms. The molecule has 1 aromatic carbocycles. The SMILES string of the molecule is Nc1cnccc1S(=O)(=O)c1ccc(O)cc1. The lowest BCUT2D eigenvalue weighted by atomic mass is 10.3. The van der Waals surface area contributed by atoms with E-state index in [0.717, 1.165) is 0 Å². The monoisotopic (exact) mass is 250 g/mol. The summed E-state index contributed by atoms with van der Waals surface area (Å²) in [5.74, 6) is 0.00616. The molecule has 3 N–H and O–H groups in total. The highest BCUT2D eigenvalue weighted by Gasteiger charge is 2.20. The summed E-state index contributed by atoms with van der Waals surface area (Å²) in [6.45, 7) is 0. The van der Waals surface area contributed by atoms with E-state index in [-0.39, 0.29) is 21.2 Å². The van der Waals surface area contributed by atoms with E-state index in [1.54, 1.807) is 0 Å². The highest BCUT2D eigenvalue weighted by molar-refractivity contribution is 7.91. The number of nitrogen functional groups attached to an aromatic ring is 1. The van der Waals surface area contributed by atoms with Crippen molar-refractivity contribution >= 4 is 15.5 Å². The number of aromatic nitrogens is 1. The molecule has 0 radical (unpaired) electrons. The van der Waals surface area contributed by atoms with Gasteiger partial charge in [0, 0.05) is 6.20 Å². The molecule has 6 heteroatoms. The van der Waals surface area contributed by atoms with E-state index in [1.807, 2.05) is 0 Å². The minimum atomic E-state index is -3.66. The molecule has 0 aliphatic carbocycles. The van der Waals surface area contributed by atoms with Gasteiger partial charge in [0.05, 0.1) is 21.7 Å². The van der Waals surface area contributed by atoms with Gasteiger partial charge in [-0.25, -0.2) is 8.42 Å². The van der Waals surface area contributed by atoms with Crippen LogP contribution in [0.5, 0.6) is 5.75 Å². The molecular weight excluding hydrogens is 240 g/mol. The van der Waals surface area contributed by atoms with Crippen LogP contribution >= 0.6 is 0 Å². The van der Waals surface area contributed by atoms with E-state index < -0.39 is 9.84 Å². The number of hydrogen-bond acceptors (Lipinski definition) is 5. The Morgan fingerprint density at radius 2 is 1.76 bits per heavy atom. The fourth-order valence-corrected chi connectivity index (χ4v) is 2.74. The average Bonchev–Trinajstić information content (AvgIpc) is 2.30. The first-order chi connectivity index (χ1) is 8.01. The van der Waals surface area contributed by atoms with E-state index in [9.17, 15) is 8.42 Å². The van der Waals surface area contributed by atoms with Gasteiger partial charge in [-0.3, -0.25) is 4.98 Å². The summed E-state index contributed by atoms with van der Waals surface area (Å²) >= 11 is 0. The maximum absolute atomic E-state index is 12.2. The summed E-state index contributed by atoms with van der Waals surface area (Å²) in [7, 11) is -3.66. The molecule has 2 rings (SSSR count). The van der Waals surface area contributed by atoms with Gasteiger partial charge in [-0.05, 0) is 30.3 Å². The molecule has 0 atom stereocenters. The first kappa shape index (κ1) is 11.4. The van der Waals surface area contributed by atoms with Crippen LogP contribution in [0.2, 0.25) is 0 Å². The van der Waals surface area contributed by atoms with Gasteiger partial charge in [0.15, 0.2) is 0 Å². The van der Waals surface area contributed by atoms with Crippen molar-refractivity contribution in [3.05, 3.63) is 42.7 Å². The molecule has 1 aromatic heterocycles. The molecule has 0 aliphatic heterocycles. The molecule has 0 unspecified atom stereocenters. The number of aromatic hydroxyl groups is 1. The van der Waals surface area contributed by atoms with Gasteiger partial charge in [-0.15, -0.1) is 0 Å². The van der Waals surface area contributed by atoms with Crippen molar-refractivity contribution < 1.29 is 13.5 Å². The number of anilines is 1. The summed E-state index contributed by atoms with van der Waals surface area (Å²) in [5, 5.41) is 9.12. The molecule has 0 saturated carbocycles. The summed E-state index contributed by atoms with van der Waals surface area (Å²) in [6, 6.07) is 6.61. The van der Waals surface area contributed by atoms with Gasteiger partial charge in [0.1, 0.15) is 5.75 Å². The van der Waals surface area contributed by atoms with Gasteiger partial charge in [-0.2, -0.15) is 0 Å². The second-order valence-corrected chi connectivity index (χ2v) is 5.33. The van der Waals surface area contributed by atoms with Gasteiger partial charge >= 0.3 is 0 Å². The quantitative estimate of drug-likeness (QED) is 0.835. The highest BCUT2D eigenvalue weighted by atomic mass is 32.2. The summed E-state index contributed by atoms with van der Waals surface area (Å²) < 4.78 is 24.4. The molecule has 2 aromatic rings. The molecular formula is C11H10N2O3S. The second kappa shape index (κ2) is 4.06. The number of phenolic OH excluding ortho intramolecular Hbond substituents is 1. The van der Waals surface area contributed by atoms with Crippen molar-refractivity contribution in [2.45, 2.75) is 9.79 Å². The van der Waals surface area contributed by atoms with Crippen molar-refractivity contribution in [3.8, 4) is 5.75 Å². The van der Waals surface area contributed by atoms with Crippen LogP contribution in [0.3, 0.4) is 0 Å². The molecule has 5 nitrogen and oxygen atoms in total. The van der Waals surface area contributed by atoms with Crippen LogP contribution in [0.25, 0.3) is 0 Å². The largest absolute Gasteiger partial charge is 0.508 e. The number of rotatable bonds is 2. The fraction of sp³-hybridized carbons (Fsp3) is 0. The first-order valence-corrected chi connectivity index (χ1v) is 6.24. The number of benzene rings is 1. The Bertz CT molecular complexity index is 636. The minimum absolute atomic E-state index is 0.00616. The number of hydrogen-bond donors (Lipinski definition) is 2. The third kappa shape index (κ3) is 2.07. The number of nitrogens with zero attached hydrogens (tertiary/aromatic N) is 1. The standard InChI is InChI=1S/C11H10N2O3S/c12-10-7-13-6-5-11(10)17(15,16)9-3-1-8(14)2-4-9/h1-7,14H,12H2. The van der Waals surface area contributed by atoms with Crippen LogP contribution in [0.1, 0.15) is 0 Å². The Hall–Kier alpha value is -2.08. The van der Waals surface area contributed by atoms with Crippen molar-refractivity contribution in [2.24, 2.45) is 0 Å². The lowest BCUT2D eigenvalue weighted by molar-refractivity contribution is 0.475. The maximum atomic E-state index is 12.2. The van der Waals surface area contributed by atoms with Crippen LogP contribution in [0.4, 0.5) is 5.69 Å². The Morgan fingerprint density at radius 1 is 1.12 bits per heavy atom. The molecule has 0 bridgehead atoms. The minimum Gasteiger partial charge on any atom is -0.508 e. The molecule has 1 heterocycles. The van der Waals surface area contributed by atoms with E-state index in [1.165, 1.54) is 42.7 Å². The van der Waals surface area contributed by atoms with Crippen LogP contribution in [0.15, 0.2) is 52.5 Å². The third-order valence-corrected chi connectivity index (χ3v) is 4.09. The van der Waals surface area contributed by atoms with Crippen molar-refractivity contribution in [3.63, 3.8) is 0 Å². The summed E-state index contributed by atoms with van der Waals surface area (Å²) in [4.78, 5) is 3.83. The molecule has 0 saturated heterocycles. The van der Waals surface area contributed by atoms with E-state index >= 15 is 0 Å². The smallest absolute Gasteiger partial charge is 0.208 e. The molecule has 17 heavy (non-hydrogen) atoms. The van der Waals surface area contributed by atoms with Gasteiger partial charge in [0.2, 0.25) is 9.84 Å². The Balaban J connectivity index is 2.58. The normalized spacial score (nSPS) is 11.3. The Labute approximate surface area is 98.5 Å². The second-order valence-electron chi connectivity index (χ2n) is 3.41. The zero-order valence-corrected chi connectivity index (χ0v) is 9.55. The van der Waals surface area contributed by atoms with Crippen molar-refractivity contribution in [1.82, 2.24) is 4.98 Å². The van der Waals surface area contributed by atoms with Crippen LogP contribution in [-0.4, -0.2) is 18.5 Å². The van der Waals surface area contributed by atoms with Crippen LogP contribution < -0.4 is 5.73 Å². The maximum Gasteiger partial charge on any atom is 0.208 e. The van der Waals surface area contributed by atoms with Gasteiger partial charge < -0.3 is 10.8 Å².